The SMILES string of the molecule is CCOc1cc2c(cc1OCC)[C@@H]1[C@@H](C(=O)Nc3ccc(Br)cc3C)c3ccccc3C(=O)N1CC2. The summed E-state index contributed by atoms with van der Waals surface area (Å²) in [6, 6.07) is 16.8. The largest absolute Gasteiger partial charge is 0.490 e. The number of carbonyl (C=O) groups is 2. The zero-order valence-electron chi connectivity index (χ0n) is 20.6. The number of benzene rings is 3. The van der Waals surface area contributed by atoms with E-state index in [0.717, 1.165) is 32.4 Å². The van der Waals surface area contributed by atoms with Crippen molar-refractivity contribution < 1.29 is 19.1 Å². The molecule has 2 atom stereocenters. The zero-order valence-corrected chi connectivity index (χ0v) is 22.2. The van der Waals surface area contributed by atoms with Crippen LogP contribution in [0.4, 0.5) is 5.69 Å². The number of anilines is 1. The van der Waals surface area contributed by atoms with Crippen LogP contribution in [0.5, 0.6) is 11.5 Å². The Labute approximate surface area is 219 Å². The van der Waals surface area contributed by atoms with E-state index in [1.807, 2.05) is 80.3 Å². The first-order chi connectivity index (χ1) is 17.4. The number of halogens is 1. The van der Waals surface area contributed by atoms with Crippen molar-refractivity contribution in [2.75, 3.05) is 25.1 Å². The highest BCUT2D eigenvalue weighted by atomic mass is 79.9. The van der Waals surface area contributed by atoms with E-state index in [1.54, 1.807) is 0 Å². The molecule has 2 aliphatic rings. The van der Waals surface area contributed by atoms with Crippen molar-refractivity contribution in [2.45, 2.75) is 39.2 Å². The van der Waals surface area contributed by atoms with Crippen molar-refractivity contribution in [1.82, 2.24) is 4.90 Å². The standard InChI is InChI=1S/C29H29BrN2O4/c1-4-35-24-15-18-12-13-32-27(22(18)16-25(24)36-5-2)26(20-8-6-7-9-21(20)29(32)34)28(33)31-23-11-10-19(30)14-17(23)3/h6-11,14-16,26-27H,4-5,12-13H2,1-3H3,(H,31,33)/t26-,27+/m0/s1. The Bertz CT molecular complexity index is 1340. The molecule has 3 aromatic carbocycles. The van der Waals surface area contributed by atoms with Crippen LogP contribution < -0.4 is 14.8 Å². The molecule has 7 heteroatoms. The Kier molecular flexibility index (Phi) is 6.75. The third-order valence-corrected chi connectivity index (χ3v) is 7.41. The fourth-order valence-electron chi connectivity index (χ4n) is 5.33. The molecule has 0 radical (unpaired) electrons. The van der Waals surface area contributed by atoms with Crippen LogP contribution in [0.15, 0.2) is 59.1 Å². The lowest BCUT2D eigenvalue weighted by molar-refractivity contribution is -0.119. The average Bonchev–Trinajstić information content (AvgIpc) is 2.86. The van der Waals surface area contributed by atoms with Crippen molar-refractivity contribution >= 4 is 33.4 Å². The van der Waals surface area contributed by atoms with Crippen molar-refractivity contribution in [3.8, 4) is 11.5 Å². The number of aryl methyl sites for hydroxylation is 1. The van der Waals surface area contributed by atoms with Crippen molar-refractivity contribution in [3.05, 3.63) is 86.9 Å². The van der Waals surface area contributed by atoms with E-state index < -0.39 is 12.0 Å². The first kappa shape index (κ1) is 24.4. The van der Waals surface area contributed by atoms with Gasteiger partial charge in [0.1, 0.15) is 0 Å². The van der Waals surface area contributed by atoms with Crippen LogP contribution in [-0.4, -0.2) is 36.5 Å². The molecule has 0 unspecified atom stereocenters. The van der Waals surface area contributed by atoms with Crippen LogP contribution in [0.3, 0.4) is 0 Å². The summed E-state index contributed by atoms with van der Waals surface area (Å²) in [6.07, 6.45) is 0.687. The molecule has 0 saturated carbocycles. The number of amides is 2. The number of hydrogen-bond acceptors (Lipinski definition) is 4. The molecule has 2 aliphatic heterocycles. The minimum Gasteiger partial charge on any atom is -0.490 e. The second-order valence-electron chi connectivity index (χ2n) is 9.07. The van der Waals surface area contributed by atoms with E-state index in [1.165, 1.54) is 0 Å². The highest BCUT2D eigenvalue weighted by molar-refractivity contribution is 9.10. The topological polar surface area (TPSA) is 67.9 Å². The van der Waals surface area contributed by atoms with Gasteiger partial charge >= 0.3 is 0 Å². The molecule has 0 aliphatic carbocycles. The van der Waals surface area contributed by atoms with Gasteiger partial charge in [0.25, 0.3) is 5.91 Å². The number of hydrogen-bond donors (Lipinski definition) is 1. The predicted molar refractivity (Wildman–Crippen MR) is 143 cm³/mol. The van der Waals surface area contributed by atoms with Crippen LogP contribution in [0.1, 0.15) is 58.4 Å². The molecule has 1 N–H and O–H groups in total. The first-order valence-corrected chi connectivity index (χ1v) is 13.1. The van der Waals surface area contributed by atoms with Gasteiger partial charge in [0.05, 0.1) is 25.2 Å². The zero-order chi connectivity index (χ0) is 25.4. The lowest BCUT2D eigenvalue weighted by Crippen LogP contribution is -2.49. The van der Waals surface area contributed by atoms with Gasteiger partial charge in [-0.15, -0.1) is 0 Å². The van der Waals surface area contributed by atoms with E-state index in [9.17, 15) is 9.59 Å². The Morgan fingerprint density at radius 1 is 1.03 bits per heavy atom. The van der Waals surface area contributed by atoms with Gasteiger partial charge in [-0.2, -0.15) is 0 Å². The van der Waals surface area contributed by atoms with Gasteiger partial charge in [-0.1, -0.05) is 34.1 Å². The molecule has 5 rings (SSSR count). The fraction of sp³-hybridized carbons (Fsp3) is 0.310. The summed E-state index contributed by atoms with van der Waals surface area (Å²) in [5.74, 6) is 0.565. The van der Waals surface area contributed by atoms with Gasteiger partial charge in [-0.25, -0.2) is 0 Å². The quantitative estimate of drug-likeness (QED) is 0.408. The summed E-state index contributed by atoms with van der Waals surface area (Å²) in [4.78, 5) is 29.4. The predicted octanol–water partition coefficient (Wildman–Crippen LogP) is 6.03. The lowest BCUT2D eigenvalue weighted by atomic mass is 9.75. The van der Waals surface area contributed by atoms with E-state index in [-0.39, 0.29) is 11.8 Å². The first-order valence-electron chi connectivity index (χ1n) is 12.3. The smallest absolute Gasteiger partial charge is 0.254 e. The molecular weight excluding hydrogens is 520 g/mol. The second-order valence-corrected chi connectivity index (χ2v) is 9.99. The highest BCUT2D eigenvalue weighted by Crippen LogP contribution is 2.48. The highest BCUT2D eigenvalue weighted by Gasteiger charge is 2.46. The van der Waals surface area contributed by atoms with Crippen LogP contribution in [0.2, 0.25) is 0 Å². The third-order valence-electron chi connectivity index (χ3n) is 6.91. The van der Waals surface area contributed by atoms with Crippen molar-refractivity contribution in [1.29, 1.82) is 0 Å². The normalized spacial score (nSPS) is 18.1. The molecule has 2 amide bonds. The summed E-state index contributed by atoms with van der Waals surface area (Å²) >= 11 is 3.49. The maximum absolute atomic E-state index is 14.0. The molecule has 0 bridgehead atoms. The summed E-state index contributed by atoms with van der Waals surface area (Å²) in [5, 5.41) is 3.14. The molecule has 0 aromatic heterocycles. The third kappa shape index (κ3) is 4.26. The minimum atomic E-state index is -0.576. The molecule has 36 heavy (non-hydrogen) atoms. The van der Waals surface area contributed by atoms with Gasteiger partial charge in [0, 0.05) is 22.3 Å². The molecule has 2 heterocycles. The number of ether oxygens (including phenoxy) is 2. The number of nitrogens with one attached hydrogen (secondary N) is 1. The van der Waals surface area contributed by atoms with E-state index in [2.05, 4.69) is 21.2 Å². The van der Waals surface area contributed by atoms with E-state index >= 15 is 0 Å². The number of rotatable bonds is 6. The molecule has 3 aromatic rings. The Morgan fingerprint density at radius 3 is 2.47 bits per heavy atom. The van der Waals surface area contributed by atoms with Crippen LogP contribution >= 0.6 is 15.9 Å². The Morgan fingerprint density at radius 2 is 1.75 bits per heavy atom. The maximum Gasteiger partial charge on any atom is 0.254 e. The summed E-state index contributed by atoms with van der Waals surface area (Å²) in [7, 11) is 0. The second kappa shape index (κ2) is 9.97. The van der Waals surface area contributed by atoms with Gasteiger partial charge in [-0.3, -0.25) is 9.59 Å². The monoisotopic (exact) mass is 548 g/mol. The van der Waals surface area contributed by atoms with Gasteiger partial charge < -0.3 is 19.7 Å². The van der Waals surface area contributed by atoms with E-state index in [0.29, 0.717) is 43.2 Å². The Balaban J connectivity index is 1.64. The van der Waals surface area contributed by atoms with Crippen molar-refractivity contribution in [3.63, 3.8) is 0 Å². The average molecular weight is 549 g/mol. The number of carbonyl (C=O) groups excluding carboxylic acids is 2. The minimum absolute atomic E-state index is 0.0445. The van der Waals surface area contributed by atoms with Crippen molar-refractivity contribution in [2.24, 2.45) is 0 Å². The van der Waals surface area contributed by atoms with Gasteiger partial charge in [0.2, 0.25) is 5.91 Å². The molecule has 0 saturated heterocycles. The lowest BCUT2D eigenvalue weighted by Gasteiger charge is -2.45. The van der Waals surface area contributed by atoms with E-state index in [4.69, 9.17) is 9.47 Å². The number of fused-ring (bicyclic) bond motifs is 4. The molecule has 186 valence electrons. The van der Waals surface area contributed by atoms with Crippen LogP contribution in [0, 0.1) is 6.92 Å². The summed E-state index contributed by atoms with van der Waals surface area (Å²) < 4.78 is 12.7. The summed E-state index contributed by atoms with van der Waals surface area (Å²) in [5.41, 5.74) is 5.05. The van der Waals surface area contributed by atoms with Crippen LogP contribution in [-0.2, 0) is 11.2 Å². The van der Waals surface area contributed by atoms with Crippen LogP contribution in [0.25, 0.3) is 0 Å². The summed E-state index contributed by atoms with van der Waals surface area (Å²) in [6.45, 7) is 7.38. The molecule has 6 nitrogen and oxygen atoms in total. The Hall–Kier alpha value is -3.32. The molecule has 0 spiro atoms. The maximum atomic E-state index is 14.0. The molecule has 0 fully saturated rings. The van der Waals surface area contributed by atoms with Gasteiger partial charge in [-0.05, 0) is 85.8 Å². The fourth-order valence-corrected chi connectivity index (χ4v) is 5.81. The van der Waals surface area contributed by atoms with Gasteiger partial charge in [0.15, 0.2) is 11.5 Å². The number of nitrogens with zero attached hydrogens (tertiary/aromatic N) is 1. The molecular formula is C29H29BrN2O4.